The fourth-order valence-corrected chi connectivity index (χ4v) is 1.83. The normalized spacial score (nSPS) is 16.4. The van der Waals surface area contributed by atoms with E-state index in [1.54, 1.807) is 19.1 Å². The summed E-state index contributed by atoms with van der Waals surface area (Å²) in [6.45, 7) is 2.03. The maximum absolute atomic E-state index is 11.8. The highest BCUT2D eigenvalue weighted by Crippen LogP contribution is 2.22. The van der Waals surface area contributed by atoms with E-state index in [0.717, 1.165) is 5.56 Å². The lowest BCUT2D eigenvalue weighted by Crippen LogP contribution is -2.24. The van der Waals surface area contributed by atoms with E-state index in [1.807, 2.05) is 30.3 Å². The van der Waals surface area contributed by atoms with Crippen LogP contribution >= 0.6 is 0 Å². The second-order valence-corrected chi connectivity index (χ2v) is 4.06. The number of ether oxygens (including phenoxy) is 1. The first-order valence-electron chi connectivity index (χ1n) is 6.15. The fourth-order valence-electron chi connectivity index (χ4n) is 1.83. The molecule has 0 unspecified atom stereocenters. The van der Waals surface area contributed by atoms with Crippen molar-refractivity contribution in [3.63, 3.8) is 0 Å². The minimum absolute atomic E-state index is 0.00403. The molecule has 0 saturated carbocycles. The van der Waals surface area contributed by atoms with Gasteiger partial charge in [-0.3, -0.25) is 10.1 Å². The molecule has 0 fully saturated rings. The van der Waals surface area contributed by atoms with Crippen molar-refractivity contribution in [2.45, 2.75) is 13.3 Å². The smallest absolute Gasteiger partial charge is 0.411 e. The molecular weight excluding hydrogens is 242 g/mol. The van der Waals surface area contributed by atoms with E-state index in [9.17, 15) is 9.59 Å². The lowest BCUT2D eigenvalue weighted by molar-refractivity contribution is -0.114. The van der Waals surface area contributed by atoms with E-state index >= 15 is 0 Å². The molecule has 0 aliphatic heterocycles. The molecule has 1 aromatic carbocycles. The number of hydrogen-bond acceptors (Lipinski definition) is 3. The van der Waals surface area contributed by atoms with Crippen molar-refractivity contribution >= 4 is 18.0 Å². The molecule has 1 amide bonds. The maximum atomic E-state index is 11.8. The van der Waals surface area contributed by atoms with Crippen LogP contribution in [0.2, 0.25) is 0 Å². The lowest BCUT2D eigenvalue weighted by atomic mass is 10.1. The Hall–Kier alpha value is -2.36. The van der Waals surface area contributed by atoms with Gasteiger partial charge in [-0.2, -0.15) is 0 Å². The van der Waals surface area contributed by atoms with Crippen LogP contribution in [0.15, 0.2) is 47.7 Å². The van der Waals surface area contributed by atoms with E-state index < -0.39 is 6.09 Å². The number of hydrogen-bond donors (Lipinski definition) is 1. The highest BCUT2D eigenvalue weighted by molar-refractivity contribution is 6.07. The molecule has 1 N–H and O–H groups in total. The Labute approximate surface area is 111 Å². The van der Waals surface area contributed by atoms with Crippen molar-refractivity contribution in [3.8, 4) is 0 Å². The van der Waals surface area contributed by atoms with Crippen LogP contribution in [0.5, 0.6) is 0 Å². The number of rotatable bonds is 3. The molecule has 0 saturated heterocycles. The van der Waals surface area contributed by atoms with Gasteiger partial charge in [0.05, 0.1) is 12.3 Å². The Balaban J connectivity index is 2.18. The number of alkyl carbamates (subject to hydrolysis) is 1. The summed E-state index contributed by atoms with van der Waals surface area (Å²) < 4.78 is 4.81. The third-order valence-corrected chi connectivity index (χ3v) is 2.70. The summed E-state index contributed by atoms with van der Waals surface area (Å²) in [6, 6.07) is 9.51. The van der Waals surface area contributed by atoms with Crippen molar-refractivity contribution in [3.05, 3.63) is 53.2 Å². The first-order valence-corrected chi connectivity index (χ1v) is 6.15. The van der Waals surface area contributed by atoms with Crippen LogP contribution in [0.1, 0.15) is 18.9 Å². The Bertz CT molecular complexity index is 544. The summed E-state index contributed by atoms with van der Waals surface area (Å²) in [7, 11) is 0. The summed E-state index contributed by atoms with van der Waals surface area (Å²) in [5.41, 5.74) is 1.95. The SMILES string of the molecule is CCOC(=O)NC1=CCC(=O)C1=Cc1ccccc1. The zero-order valence-corrected chi connectivity index (χ0v) is 10.7. The van der Waals surface area contributed by atoms with Gasteiger partial charge in [0, 0.05) is 12.0 Å². The molecular formula is C15H15NO3. The Morgan fingerprint density at radius 2 is 2.11 bits per heavy atom. The number of Topliss-reactive ketones (excluding diaryl/α,β-unsaturated/α-hetero) is 1. The van der Waals surface area contributed by atoms with Crippen LogP contribution in [-0.2, 0) is 9.53 Å². The lowest BCUT2D eigenvalue weighted by Gasteiger charge is -2.07. The number of nitrogens with one attached hydrogen (secondary N) is 1. The predicted molar refractivity (Wildman–Crippen MR) is 72.3 cm³/mol. The molecule has 0 aromatic heterocycles. The first kappa shape index (κ1) is 13.1. The minimum Gasteiger partial charge on any atom is -0.450 e. The second-order valence-electron chi connectivity index (χ2n) is 4.06. The highest BCUT2D eigenvalue weighted by Gasteiger charge is 2.22. The molecule has 1 aliphatic rings. The van der Waals surface area contributed by atoms with Gasteiger partial charge in [0.15, 0.2) is 5.78 Å². The summed E-state index contributed by atoms with van der Waals surface area (Å²) in [6.07, 6.45) is 3.24. The van der Waals surface area contributed by atoms with Crippen molar-refractivity contribution < 1.29 is 14.3 Å². The van der Waals surface area contributed by atoms with Crippen molar-refractivity contribution in [2.75, 3.05) is 6.61 Å². The van der Waals surface area contributed by atoms with E-state index in [1.165, 1.54) is 0 Å². The summed E-state index contributed by atoms with van der Waals surface area (Å²) >= 11 is 0. The van der Waals surface area contributed by atoms with Gasteiger partial charge in [0.1, 0.15) is 0 Å². The summed E-state index contributed by atoms with van der Waals surface area (Å²) in [4.78, 5) is 23.2. The third kappa shape index (κ3) is 3.31. The van der Waals surface area contributed by atoms with E-state index in [0.29, 0.717) is 24.3 Å². The molecule has 0 bridgehead atoms. The Morgan fingerprint density at radius 3 is 2.79 bits per heavy atom. The van der Waals surface area contributed by atoms with Gasteiger partial charge in [-0.15, -0.1) is 0 Å². The van der Waals surface area contributed by atoms with Gasteiger partial charge in [-0.25, -0.2) is 4.79 Å². The Morgan fingerprint density at radius 1 is 1.37 bits per heavy atom. The predicted octanol–water partition coefficient (Wildman–Crippen LogP) is 2.67. The fraction of sp³-hybridized carbons (Fsp3) is 0.200. The number of amides is 1. The van der Waals surface area contributed by atoms with Crippen LogP contribution < -0.4 is 5.32 Å². The Kier molecular flexibility index (Phi) is 4.13. The zero-order valence-electron chi connectivity index (χ0n) is 10.7. The van der Waals surface area contributed by atoms with Gasteiger partial charge in [-0.1, -0.05) is 36.4 Å². The number of carbonyl (C=O) groups is 2. The monoisotopic (exact) mass is 257 g/mol. The van der Waals surface area contributed by atoms with E-state index in [-0.39, 0.29) is 5.78 Å². The van der Waals surface area contributed by atoms with Crippen molar-refractivity contribution in [1.82, 2.24) is 5.32 Å². The van der Waals surface area contributed by atoms with Crippen LogP contribution in [-0.4, -0.2) is 18.5 Å². The highest BCUT2D eigenvalue weighted by atomic mass is 16.5. The molecule has 1 aromatic rings. The molecule has 1 aliphatic carbocycles. The van der Waals surface area contributed by atoms with Gasteiger partial charge < -0.3 is 4.74 Å². The van der Waals surface area contributed by atoms with E-state index in [2.05, 4.69) is 5.32 Å². The number of ketones is 1. The first-order chi connectivity index (χ1) is 9.20. The quantitative estimate of drug-likeness (QED) is 0.847. The average molecular weight is 257 g/mol. The summed E-state index contributed by atoms with van der Waals surface area (Å²) in [5.74, 6) is -0.00403. The maximum Gasteiger partial charge on any atom is 0.411 e. The van der Waals surface area contributed by atoms with Gasteiger partial charge in [0.25, 0.3) is 0 Å². The standard InChI is InChI=1S/C15H15NO3/c1-2-19-15(18)16-13-8-9-14(17)12(13)10-11-6-4-3-5-7-11/h3-8,10H,2,9H2,1H3,(H,16,18). The second kappa shape index (κ2) is 6.00. The molecule has 0 spiro atoms. The molecule has 4 nitrogen and oxygen atoms in total. The van der Waals surface area contributed by atoms with Crippen LogP contribution in [0.25, 0.3) is 6.08 Å². The molecule has 0 radical (unpaired) electrons. The van der Waals surface area contributed by atoms with Gasteiger partial charge >= 0.3 is 6.09 Å². The molecule has 98 valence electrons. The number of carbonyl (C=O) groups excluding carboxylic acids is 2. The third-order valence-electron chi connectivity index (χ3n) is 2.70. The van der Waals surface area contributed by atoms with Crippen LogP contribution in [0.4, 0.5) is 4.79 Å². The minimum atomic E-state index is -0.539. The van der Waals surface area contributed by atoms with Crippen molar-refractivity contribution in [2.24, 2.45) is 0 Å². The van der Waals surface area contributed by atoms with Crippen LogP contribution in [0.3, 0.4) is 0 Å². The molecule has 0 heterocycles. The summed E-state index contributed by atoms with van der Waals surface area (Å²) in [5, 5.41) is 2.59. The molecule has 4 heteroatoms. The molecule has 19 heavy (non-hydrogen) atoms. The topological polar surface area (TPSA) is 55.4 Å². The van der Waals surface area contributed by atoms with Crippen LogP contribution in [0, 0.1) is 0 Å². The molecule has 0 atom stereocenters. The average Bonchev–Trinajstić information content (AvgIpc) is 2.73. The van der Waals surface area contributed by atoms with Crippen molar-refractivity contribution in [1.29, 1.82) is 0 Å². The zero-order chi connectivity index (χ0) is 13.7. The largest absolute Gasteiger partial charge is 0.450 e. The number of benzene rings is 1. The number of allylic oxidation sites excluding steroid dienone is 2. The van der Waals surface area contributed by atoms with E-state index in [4.69, 9.17) is 4.74 Å². The molecule has 2 rings (SSSR count). The van der Waals surface area contributed by atoms with Gasteiger partial charge in [0.2, 0.25) is 0 Å². The van der Waals surface area contributed by atoms with Gasteiger partial charge in [-0.05, 0) is 18.6 Å².